The Labute approximate surface area is 103 Å². The van der Waals surface area contributed by atoms with Gasteiger partial charge in [0.25, 0.3) is 0 Å². The zero-order chi connectivity index (χ0) is 12.3. The normalized spacial score (nSPS) is 16.8. The number of ether oxygens (including phenoxy) is 1. The molecule has 0 bridgehead atoms. The fraction of sp³-hybridized carbons (Fsp3) is 0.538. The van der Waals surface area contributed by atoms with Crippen LogP contribution in [0.2, 0.25) is 0 Å². The predicted molar refractivity (Wildman–Crippen MR) is 67.6 cm³/mol. The van der Waals surface area contributed by atoms with Gasteiger partial charge in [-0.25, -0.2) is 8.42 Å². The van der Waals surface area contributed by atoms with Crippen molar-refractivity contribution in [3.05, 3.63) is 35.4 Å². The maximum atomic E-state index is 11.1. The van der Waals surface area contributed by atoms with Crippen molar-refractivity contribution in [3.8, 4) is 0 Å². The predicted octanol–water partition coefficient (Wildman–Crippen LogP) is 1.81. The second kappa shape index (κ2) is 5.19. The number of benzene rings is 1. The molecule has 1 aromatic carbocycles. The third-order valence-corrected chi connectivity index (χ3v) is 3.86. The maximum absolute atomic E-state index is 11.1. The van der Waals surface area contributed by atoms with Crippen LogP contribution in [0.15, 0.2) is 24.3 Å². The summed E-state index contributed by atoms with van der Waals surface area (Å²) in [6, 6.07) is 7.88. The molecule has 0 saturated carbocycles. The zero-order valence-corrected chi connectivity index (χ0v) is 10.9. The van der Waals surface area contributed by atoms with E-state index < -0.39 is 9.84 Å². The molecular formula is C13H18O3S. The monoisotopic (exact) mass is 254 g/mol. The van der Waals surface area contributed by atoms with Crippen LogP contribution in [-0.4, -0.2) is 27.9 Å². The van der Waals surface area contributed by atoms with Crippen LogP contribution in [0.25, 0.3) is 0 Å². The second-order valence-electron chi connectivity index (χ2n) is 4.83. The quantitative estimate of drug-likeness (QED) is 0.805. The molecule has 94 valence electrons. The van der Waals surface area contributed by atoms with Crippen LogP contribution in [0.1, 0.15) is 17.5 Å². The fourth-order valence-corrected chi connectivity index (χ4v) is 2.72. The molecular weight excluding hydrogens is 236 g/mol. The molecule has 1 heterocycles. The molecule has 1 aliphatic heterocycles. The van der Waals surface area contributed by atoms with E-state index in [2.05, 4.69) is 0 Å². The minimum atomic E-state index is -2.93. The van der Waals surface area contributed by atoms with Crippen LogP contribution >= 0.6 is 0 Å². The summed E-state index contributed by atoms with van der Waals surface area (Å²) in [6.07, 6.45) is 3.47. The van der Waals surface area contributed by atoms with Gasteiger partial charge in [0.1, 0.15) is 0 Å². The van der Waals surface area contributed by atoms with E-state index in [4.69, 9.17) is 4.74 Å². The van der Waals surface area contributed by atoms with Crippen molar-refractivity contribution in [2.75, 3.05) is 19.5 Å². The Morgan fingerprint density at radius 1 is 1.18 bits per heavy atom. The average Bonchev–Trinajstić information content (AvgIpc) is 2.16. The average molecular weight is 254 g/mol. The molecule has 0 N–H and O–H groups in total. The highest BCUT2D eigenvalue weighted by Crippen LogP contribution is 2.18. The van der Waals surface area contributed by atoms with Crippen LogP contribution in [0.4, 0.5) is 0 Å². The molecule has 0 radical (unpaired) electrons. The largest absolute Gasteiger partial charge is 0.381 e. The Bertz CT molecular complexity index is 458. The van der Waals surface area contributed by atoms with Gasteiger partial charge in [0.15, 0.2) is 9.84 Å². The van der Waals surface area contributed by atoms with Gasteiger partial charge in [-0.2, -0.15) is 0 Å². The van der Waals surface area contributed by atoms with Gasteiger partial charge in [-0.3, -0.25) is 0 Å². The molecule has 1 fully saturated rings. The molecule has 4 heteroatoms. The SMILES string of the molecule is CS(=O)(=O)Cc1ccc(CCC2COC2)cc1. The first kappa shape index (κ1) is 12.6. The summed E-state index contributed by atoms with van der Waals surface area (Å²) in [4.78, 5) is 0. The molecule has 0 aromatic heterocycles. The summed E-state index contributed by atoms with van der Waals surface area (Å²) in [5.74, 6) is 0.842. The highest BCUT2D eigenvalue weighted by atomic mass is 32.2. The van der Waals surface area contributed by atoms with Gasteiger partial charge in [-0.1, -0.05) is 24.3 Å². The van der Waals surface area contributed by atoms with Crippen molar-refractivity contribution in [2.24, 2.45) is 5.92 Å². The molecule has 3 nitrogen and oxygen atoms in total. The molecule has 0 atom stereocenters. The van der Waals surface area contributed by atoms with E-state index in [-0.39, 0.29) is 5.75 Å². The van der Waals surface area contributed by atoms with E-state index in [0.717, 1.165) is 31.6 Å². The molecule has 0 amide bonds. The zero-order valence-electron chi connectivity index (χ0n) is 10.1. The minimum absolute atomic E-state index is 0.129. The highest BCUT2D eigenvalue weighted by molar-refractivity contribution is 7.89. The van der Waals surface area contributed by atoms with E-state index >= 15 is 0 Å². The Morgan fingerprint density at radius 2 is 1.76 bits per heavy atom. The summed E-state index contributed by atoms with van der Waals surface area (Å²) in [7, 11) is -2.93. The first-order valence-corrected chi connectivity index (χ1v) is 7.92. The number of aryl methyl sites for hydroxylation is 1. The van der Waals surface area contributed by atoms with Crippen molar-refractivity contribution in [1.82, 2.24) is 0 Å². The van der Waals surface area contributed by atoms with Gasteiger partial charge in [0.2, 0.25) is 0 Å². The van der Waals surface area contributed by atoms with E-state index in [9.17, 15) is 8.42 Å². The first-order chi connectivity index (χ1) is 8.03. The first-order valence-electron chi connectivity index (χ1n) is 5.86. The van der Waals surface area contributed by atoms with E-state index in [1.807, 2.05) is 24.3 Å². The summed E-state index contributed by atoms with van der Waals surface area (Å²) in [5.41, 5.74) is 2.14. The summed E-state index contributed by atoms with van der Waals surface area (Å²) in [6.45, 7) is 1.79. The molecule has 17 heavy (non-hydrogen) atoms. The van der Waals surface area contributed by atoms with Gasteiger partial charge < -0.3 is 4.74 Å². The third-order valence-electron chi connectivity index (χ3n) is 3.00. The summed E-state index contributed by atoms with van der Waals surface area (Å²) in [5, 5.41) is 0. The van der Waals surface area contributed by atoms with Gasteiger partial charge in [-0.15, -0.1) is 0 Å². The van der Waals surface area contributed by atoms with Gasteiger partial charge >= 0.3 is 0 Å². The Balaban J connectivity index is 1.88. The molecule has 0 unspecified atom stereocenters. The van der Waals surface area contributed by atoms with Crippen LogP contribution in [0, 0.1) is 5.92 Å². The summed E-state index contributed by atoms with van der Waals surface area (Å²) >= 11 is 0. The molecule has 1 aromatic rings. The standard InChI is InChI=1S/C13H18O3S/c1-17(14,15)10-12-5-2-11(3-6-12)4-7-13-8-16-9-13/h2-3,5-6,13H,4,7-10H2,1H3. The lowest BCUT2D eigenvalue weighted by molar-refractivity contribution is -0.0352. The lowest BCUT2D eigenvalue weighted by Gasteiger charge is -2.25. The minimum Gasteiger partial charge on any atom is -0.381 e. The van der Waals surface area contributed by atoms with Gasteiger partial charge in [0, 0.05) is 12.2 Å². The molecule has 2 rings (SSSR count). The lowest BCUT2D eigenvalue weighted by Crippen LogP contribution is -2.27. The van der Waals surface area contributed by atoms with E-state index in [0.29, 0.717) is 5.92 Å². The number of hydrogen-bond acceptors (Lipinski definition) is 3. The third kappa shape index (κ3) is 4.13. The highest BCUT2D eigenvalue weighted by Gasteiger charge is 2.17. The van der Waals surface area contributed by atoms with Crippen LogP contribution in [0.3, 0.4) is 0 Å². The van der Waals surface area contributed by atoms with Crippen LogP contribution in [0.5, 0.6) is 0 Å². The van der Waals surface area contributed by atoms with Crippen LogP contribution in [-0.2, 0) is 26.7 Å². The Hall–Kier alpha value is -0.870. The maximum Gasteiger partial charge on any atom is 0.151 e. The van der Waals surface area contributed by atoms with Gasteiger partial charge in [-0.05, 0) is 24.0 Å². The lowest BCUT2D eigenvalue weighted by atomic mass is 9.98. The molecule has 0 aliphatic carbocycles. The van der Waals surface area contributed by atoms with Crippen molar-refractivity contribution >= 4 is 9.84 Å². The molecule has 1 saturated heterocycles. The smallest absolute Gasteiger partial charge is 0.151 e. The number of rotatable bonds is 5. The van der Waals surface area contributed by atoms with Crippen LogP contribution < -0.4 is 0 Å². The second-order valence-corrected chi connectivity index (χ2v) is 6.97. The fourth-order valence-electron chi connectivity index (χ4n) is 1.93. The van der Waals surface area contributed by atoms with E-state index in [1.54, 1.807) is 0 Å². The number of hydrogen-bond donors (Lipinski definition) is 0. The molecule has 0 spiro atoms. The van der Waals surface area contributed by atoms with Crippen molar-refractivity contribution < 1.29 is 13.2 Å². The van der Waals surface area contributed by atoms with Crippen molar-refractivity contribution in [3.63, 3.8) is 0 Å². The van der Waals surface area contributed by atoms with E-state index in [1.165, 1.54) is 11.8 Å². The molecule has 1 aliphatic rings. The Kier molecular flexibility index (Phi) is 3.84. The van der Waals surface area contributed by atoms with Crippen molar-refractivity contribution in [2.45, 2.75) is 18.6 Å². The summed E-state index contributed by atoms with van der Waals surface area (Å²) < 4.78 is 27.4. The van der Waals surface area contributed by atoms with Gasteiger partial charge in [0.05, 0.1) is 19.0 Å². The van der Waals surface area contributed by atoms with Crippen molar-refractivity contribution in [1.29, 1.82) is 0 Å². The Morgan fingerprint density at radius 3 is 2.24 bits per heavy atom. The number of sulfone groups is 1. The topological polar surface area (TPSA) is 43.4 Å².